The monoisotopic (exact) mass is 125 g/mol. The molecule has 2 bridgehead atoms. The molecular weight excluding hydrogens is 110 g/mol. The topological polar surface area (TPSA) is 26.0 Å². The third-order valence-electron chi connectivity index (χ3n) is 3.41. The first-order valence-corrected chi connectivity index (χ1v) is 4.04. The fourth-order valence-corrected chi connectivity index (χ4v) is 2.74. The van der Waals surface area contributed by atoms with Gasteiger partial charge < -0.3 is 5.73 Å². The fourth-order valence-electron chi connectivity index (χ4n) is 2.74. The Morgan fingerprint density at radius 1 is 1.33 bits per heavy atom. The highest BCUT2D eigenvalue weighted by atomic mass is 14.7. The van der Waals surface area contributed by atoms with Crippen LogP contribution in [0.5, 0.6) is 0 Å². The molecule has 4 atom stereocenters. The van der Waals surface area contributed by atoms with Crippen LogP contribution in [0.3, 0.4) is 0 Å². The lowest BCUT2D eigenvalue weighted by Gasteiger charge is -2.15. The van der Waals surface area contributed by atoms with Gasteiger partial charge in [-0.3, -0.25) is 0 Å². The Balaban J connectivity index is 2.16. The molecule has 9 heavy (non-hydrogen) atoms. The molecule has 2 saturated carbocycles. The van der Waals surface area contributed by atoms with Crippen molar-refractivity contribution in [2.24, 2.45) is 23.5 Å². The Morgan fingerprint density at radius 3 is 2.33 bits per heavy atom. The summed E-state index contributed by atoms with van der Waals surface area (Å²) in [5.74, 6) is 2.82. The number of hydrogen-bond acceptors (Lipinski definition) is 1. The van der Waals surface area contributed by atoms with Gasteiger partial charge in [0, 0.05) is 6.04 Å². The molecule has 0 radical (unpaired) electrons. The summed E-state index contributed by atoms with van der Waals surface area (Å²) < 4.78 is 0. The maximum absolute atomic E-state index is 5.91. The van der Waals surface area contributed by atoms with Crippen molar-refractivity contribution in [3.05, 3.63) is 0 Å². The molecule has 2 N–H and O–H groups in total. The predicted octanol–water partition coefficient (Wildman–Crippen LogP) is 1.38. The molecule has 2 fully saturated rings. The van der Waals surface area contributed by atoms with Crippen LogP contribution < -0.4 is 5.73 Å². The molecule has 0 spiro atoms. The summed E-state index contributed by atoms with van der Waals surface area (Å²) in [6, 6.07) is 0.554. The van der Waals surface area contributed by atoms with Gasteiger partial charge in [-0.15, -0.1) is 0 Å². The summed E-state index contributed by atoms with van der Waals surface area (Å²) in [6.45, 7) is 2.37. The molecule has 0 aromatic carbocycles. The van der Waals surface area contributed by atoms with Crippen LogP contribution in [-0.2, 0) is 0 Å². The van der Waals surface area contributed by atoms with Gasteiger partial charge >= 0.3 is 0 Å². The Labute approximate surface area is 56.6 Å². The van der Waals surface area contributed by atoms with Crippen molar-refractivity contribution in [2.45, 2.75) is 32.2 Å². The van der Waals surface area contributed by atoms with E-state index in [-0.39, 0.29) is 0 Å². The Hall–Kier alpha value is -0.0400. The summed E-state index contributed by atoms with van der Waals surface area (Å²) in [4.78, 5) is 0. The minimum absolute atomic E-state index is 0.554. The highest BCUT2D eigenvalue weighted by Gasteiger charge is 2.43. The second-order valence-corrected chi connectivity index (χ2v) is 3.76. The zero-order valence-electron chi connectivity index (χ0n) is 6.01. The molecule has 2 aliphatic rings. The summed E-state index contributed by atoms with van der Waals surface area (Å²) in [6.07, 6.45) is 4.18. The highest BCUT2D eigenvalue weighted by molar-refractivity contribution is 4.96. The van der Waals surface area contributed by atoms with E-state index in [9.17, 15) is 0 Å². The Morgan fingerprint density at radius 2 is 2.11 bits per heavy atom. The van der Waals surface area contributed by atoms with Gasteiger partial charge in [-0.2, -0.15) is 0 Å². The first-order valence-electron chi connectivity index (χ1n) is 4.04. The first kappa shape index (κ1) is 5.72. The van der Waals surface area contributed by atoms with Gasteiger partial charge in [0.1, 0.15) is 0 Å². The number of nitrogens with two attached hydrogens (primary N) is 1. The highest BCUT2D eigenvalue weighted by Crippen LogP contribution is 2.48. The standard InChI is InChI=1S/C8H15N/c1-5-6-2-3-7(5)8(9)4-6/h5-8H,2-4,9H2,1H3/t5?,6-,7?,8+/m0/s1. The lowest BCUT2D eigenvalue weighted by molar-refractivity contribution is 0.407. The first-order chi connectivity index (χ1) is 4.29. The minimum atomic E-state index is 0.554. The van der Waals surface area contributed by atoms with Gasteiger partial charge in [-0.1, -0.05) is 6.92 Å². The van der Waals surface area contributed by atoms with Crippen molar-refractivity contribution in [2.75, 3.05) is 0 Å². The van der Waals surface area contributed by atoms with Crippen molar-refractivity contribution < 1.29 is 0 Å². The molecule has 2 unspecified atom stereocenters. The zero-order valence-corrected chi connectivity index (χ0v) is 6.01. The summed E-state index contributed by atoms with van der Waals surface area (Å²) >= 11 is 0. The van der Waals surface area contributed by atoms with E-state index in [0.29, 0.717) is 6.04 Å². The van der Waals surface area contributed by atoms with Crippen LogP contribution in [0, 0.1) is 17.8 Å². The van der Waals surface area contributed by atoms with Gasteiger partial charge in [0.25, 0.3) is 0 Å². The van der Waals surface area contributed by atoms with Crippen LogP contribution >= 0.6 is 0 Å². The normalized spacial score (nSPS) is 56.7. The molecule has 0 heterocycles. The van der Waals surface area contributed by atoms with E-state index in [0.717, 1.165) is 17.8 Å². The molecule has 0 aromatic rings. The van der Waals surface area contributed by atoms with Crippen LogP contribution in [0.15, 0.2) is 0 Å². The van der Waals surface area contributed by atoms with Crippen molar-refractivity contribution in [3.63, 3.8) is 0 Å². The average Bonchev–Trinajstić information content (AvgIpc) is 2.25. The van der Waals surface area contributed by atoms with Gasteiger partial charge in [0.2, 0.25) is 0 Å². The number of hydrogen-bond donors (Lipinski definition) is 1. The molecular formula is C8H15N. The Bertz CT molecular complexity index is 122. The van der Waals surface area contributed by atoms with Crippen LogP contribution in [0.2, 0.25) is 0 Å². The van der Waals surface area contributed by atoms with Crippen LogP contribution in [0.25, 0.3) is 0 Å². The smallest absolute Gasteiger partial charge is 0.00725 e. The summed E-state index contributed by atoms with van der Waals surface area (Å²) in [5, 5.41) is 0. The molecule has 2 aliphatic carbocycles. The van der Waals surface area contributed by atoms with Crippen molar-refractivity contribution >= 4 is 0 Å². The van der Waals surface area contributed by atoms with Gasteiger partial charge in [0.15, 0.2) is 0 Å². The minimum Gasteiger partial charge on any atom is -0.327 e. The lowest BCUT2D eigenvalue weighted by atomic mass is 9.96. The van der Waals surface area contributed by atoms with E-state index in [1.54, 1.807) is 0 Å². The van der Waals surface area contributed by atoms with E-state index in [1.165, 1.54) is 19.3 Å². The molecule has 0 aromatic heterocycles. The third-order valence-corrected chi connectivity index (χ3v) is 3.41. The number of fused-ring (bicyclic) bond motifs is 2. The lowest BCUT2D eigenvalue weighted by Crippen LogP contribution is -2.27. The van der Waals surface area contributed by atoms with Gasteiger partial charge in [-0.05, 0) is 37.0 Å². The zero-order chi connectivity index (χ0) is 6.43. The van der Waals surface area contributed by atoms with E-state index in [2.05, 4.69) is 6.92 Å². The van der Waals surface area contributed by atoms with Crippen LogP contribution in [0.1, 0.15) is 26.2 Å². The van der Waals surface area contributed by atoms with Gasteiger partial charge in [0.05, 0.1) is 0 Å². The summed E-state index contributed by atoms with van der Waals surface area (Å²) in [5.41, 5.74) is 5.91. The maximum Gasteiger partial charge on any atom is 0.00725 e. The maximum atomic E-state index is 5.91. The third kappa shape index (κ3) is 0.644. The SMILES string of the molecule is CC1C2CC[C@H]1C[C@H]2N. The molecule has 0 aliphatic heterocycles. The average molecular weight is 125 g/mol. The number of rotatable bonds is 0. The predicted molar refractivity (Wildman–Crippen MR) is 38.0 cm³/mol. The van der Waals surface area contributed by atoms with Crippen molar-refractivity contribution in [1.82, 2.24) is 0 Å². The van der Waals surface area contributed by atoms with Crippen LogP contribution in [0.4, 0.5) is 0 Å². The van der Waals surface area contributed by atoms with E-state index >= 15 is 0 Å². The van der Waals surface area contributed by atoms with Crippen molar-refractivity contribution in [3.8, 4) is 0 Å². The van der Waals surface area contributed by atoms with Crippen molar-refractivity contribution in [1.29, 1.82) is 0 Å². The van der Waals surface area contributed by atoms with E-state index in [1.807, 2.05) is 0 Å². The second kappa shape index (κ2) is 1.72. The fraction of sp³-hybridized carbons (Fsp3) is 1.00. The molecule has 1 nitrogen and oxygen atoms in total. The summed E-state index contributed by atoms with van der Waals surface area (Å²) in [7, 11) is 0. The molecule has 0 amide bonds. The van der Waals surface area contributed by atoms with Crippen LogP contribution in [-0.4, -0.2) is 6.04 Å². The molecule has 1 heteroatoms. The molecule has 52 valence electrons. The molecule has 2 rings (SSSR count). The van der Waals surface area contributed by atoms with E-state index < -0.39 is 0 Å². The van der Waals surface area contributed by atoms with E-state index in [4.69, 9.17) is 5.73 Å². The molecule has 0 saturated heterocycles. The largest absolute Gasteiger partial charge is 0.327 e. The quantitative estimate of drug-likeness (QED) is 0.520. The Kier molecular flexibility index (Phi) is 1.10. The van der Waals surface area contributed by atoms with Gasteiger partial charge in [-0.25, -0.2) is 0 Å². The second-order valence-electron chi connectivity index (χ2n) is 3.76.